The SMILES string of the molecule is COC(=O)N1CCC(CNC(=O)C2(c3ccc(Cl)cc3)CCCC2)CC1. The molecule has 142 valence electrons. The van der Waals surface area contributed by atoms with Gasteiger partial charge in [-0.15, -0.1) is 0 Å². The predicted octanol–water partition coefficient (Wildman–Crippen LogP) is 3.75. The molecule has 6 heteroatoms. The molecule has 5 nitrogen and oxygen atoms in total. The normalized spacial score (nSPS) is 20.0. The average Bonchev–Trinajstić information content (AvgIpc) is 3.17. The van der Waals surface area contributed by atoms with E-state index in [-0.39, 0.29) is 12.0 Å². The van der Waals surface area contributed by atoms with Gasteiger partial charge in [-0.3, -0.25) is 4.79 Å². The van der Waals surface area contributed by atoms with Gasteiger partial charge >= 0.3 is 6.09 Å². The molecule has 0 spiro atoms. The zero-order chi connectivity index (χ0) is 18.6. The molecule has 1 aromatic carbocycles. The van der Waals surface area contributed by atoms with Gasteiger partial charge in [0.2, 0.25) is 5.91 Å². The zero-order valence-electron chi connectivity index (χ0n) is 15.3. The Bertz CT molecular complexity index is 633. The van der Waals surface area contributed by atoms with Crippen molar-refractivity contribution in [3.8, 4) is 0 Å². The fourth-order valence-corrected chi connectivity index (χ4v) is 4.38. The van der Waals surface area contributed by atoms with Gasteiger partial charge in [-0.05, 0) is 49.3 Å². The van der Waals surface area contributed by atoms with Crippen LogP contribution < -0.4 is 5.32 Å². The molecule has 26 heavy (non-hydrogen) atoms. The van der Waals surface area contributed by atoms with Gasteiger partial charge in [0.15, 0.2) is 0 Å². The number of hydrogen-bond donors (Lipinski definition) is 1. The summed E-state index contributed by atoms with van der Waals surface area (Å²) in [5.41, 5.74) is 0.648. The third kappa shape index (κ3) is 3.98. The van der Waals surface area contributed by atoms with Crippen LogP contribution in [0.5, 0.6) is 0 Å². The van der Waals surface area contributed by atoms with E-state index < -0.39 is 5.41 Å². The largest absolute Gasteiger partial charge is 0.453 e. The second-order valence-corrected chi connectivity index (χ2v) is 7.84. The van der Waals surface area contributed by atoms with Gasteiger partial charge in [-0.2, -0.15) is 0 Å². The molecule has 1 aromatic rings. The lowest BCUT2D eigenvalue weighted by molar-refractivity contribution is -0.126. The summed E-state index contributed by atoms with van der Waals surface area (Å²) < 4.78 is 4.77. The second kappa shape index (κ2) is 8.30. The van der Waals surface area contributed by atoms with Crippen LogP contribution in [0.15, 0.2) is 24.3 Å². The van der Waals surface area contributed by atoms with Crippen molar-refractivity contribution in [2.45, 2.75) is 43.9 Å². The van der Waals surface area contributed by atoms with Crippen molar-refractivity contribution >= 4 is 23.6 Å². The van der Waals surface area contributed by atoms with Crippen molar-refractivity contribution in [3.63, 3.8) is 0 Å². The van der Waals surface area contributed by atoms with Crippen molar-refractivity contribution in [1.82, 2.24) is 10.2 Å². The quantitative estimate of drug-likeness (QED) is 0.868. The molecule has 0 bridgehead atoms. The maximum atomic E-state index is 13.1. The highest BCUT2D eigenvalue weighted by molar-refractivity contribution is 6.30. The van der Waals surface area contributed by atoms with E-state index in [1.807, 2.05) is 24.3 Å². The number of hydrogen-bond acceptors (Lipinski definition) is 3. The minimum absolute atomic E-state index is 0.132. The van der Waals surface area contributed by atoms with Crippen molar-refractivity contribution < 1.29 is 14.3 Å². The minimum Gasteiger partial charge on any atom is -0.453 e. The fraction of sp³-hybridized carbons (Fsp3) is 0.600. The van der Waals surface area contributed by atoms with Gasteiger partial charge < -0.3 is 15.0 Å². The van der Waals surface area contributed by atoms with Crippen LogP contribution >= 0.6 is 11.6 Å². The number of nitrogens with zero attached hydrogens (tertiary/aromatic N) is 1. The molecule has 3 rings (SSSR count). The summed E-state index contributed by atoms with van der Waals surface area (Å²) >= 11 is 6.01. The molecule has 1 saturated carbocycles. The Morgan fingerprint density at radius 3 is 2.38 bits per heavy atom. The summed E-state index contributed by atoms with van der Waals surface area (Å²) in [5.74, 6) is 0.538. The number of carbonyl (C=O) groups is 2. The summed E-state index contributed by atoms with van der Waals surface area (Å²) in [6.45, 7) is 2.05. The number of benzene rings is 1. The maximum absolute atomic E-state index is 13.1. The van der Waals surface area contributed by atoms with E-state index in [9.17, 15) is 9.59 Å². The minimum atomic E-state index is -0.419. The van der Waals surface area contributed by atoms with E-state index in [4.69, 9.17) is 16.3 Å². The Morgan fingerprint density at radius 1 is 1.19 bits per heavy atom. The van der Waals surface area contributed by atoms with Crippen molar-refractivity contribution in [2.75, 3.05) is 26.7 Å². The predicted molar refractivity (Wildman–Crippen MR) is 101 cm³/mol. The lowest BCUT2D eigenvalue weighted by atomic mass is 9.78. The van der Waals surface area contributed by atoms with Gasteiger partial charge in [0.25, 0.3) is 0 Å². The van der Waals surface area contributed by atoms with Crippen LogP contribution in [-0.4, -0.2) is 43.6 Å². The van der Waals surface area contributed by atoms with Crippen LogP contribution in [0.3, 0.4) is 0 Å². The molecule has 0 unspecified atom stereocenters. The van der Waals surface area contributed by atoms with E-state index in [2.05, 4.69) is 5.32 Å². The number of amides is 2. The van der Waals surface area contributed by atoms with E-state index in [0.29, 0.717) is 30.6 Å². The van der Waals surface area contributed by atoms with Crippen LogP contribution in [0.4, 0.5) is 4.79 Å². The number of carbonyl (C=O) groups excluding carboxylic acids is 2. The molecule has 2 aliphatic rings. The summed E-state index contributed by atoms with van der Waals surface area (Å²) in [4.78, 5) is 26.4. The number of nitrogens with one attached hydrogen (secondary N) is 1. The number of piperidine rings is 1. The van der Waals surface area contributed by atoms with Crippen LogP contribution in [0, 0.1) is 5.92 Å². The van der Waals surface area contributed by atoms with E-state index in [1.165, 1.54) is 7.11 Å². The molecule has 2 fully saturated rings. The second-order valence-electron chi connectivity index (χ2n) is 7.41. The Balaban J connectivity index is 1.58. The van der Waals surface area contributed by atoms with Crippen molar-refractivity contribution in [3.05, 3.63) is 34.9 Å². The highest BCUT2D eigenvalue weighted by atomic mass is 35.5. The summed E-state index contributed by atoms with van der Waals surface area (Å²) in [7, 11) is 1.41. The topological polar surface area (TPSA) is 58.6 Å². The van der Waals surface area contributed by atoms with E-state index >= 15 is 0 Å². The standard InChI is InChI=1S/C20H27ClN2O3/c1-26-19(25)23-12-8-15(9-13-23)14-22-18(24)20(10-2-3-11-20)16-4-6-17(21)7-5-16/h4-7,15H,2-3,8-14H2,1H3,(H,22,24). The Kier molecular flexibility index (Phi) is 6.07. The van der Waals surface area contributed by atoms with E-state index in [0.717, 1.165) is 44.1 Å². The van der Waals surface area contributed by atoms with E-state index in [1.54, 1.807) is 4.90 Å². The molecular weight excluding hydrogens is 352 g/mol. The Labute approximate surface area is 160 Å². The first kappa shape index (κ1) is 19.0. The molecule has 0 aromatic heterocycles. The Morgan fingerprint density at radius 2 is 1.81 bits per heavy atom. The van der Waals surface area contributed by atoms with Crippen molar-refractivity contribution in [2.24, 2.45) is 5.92 Å². The van der Waals surface area contributed by atoms with Gasteiger partial charge in [-0.1, -0.05) is 36.6 Å². The summed E-state index contributed by atoms with van der Waals surface area (Å²) in [6.07, 6.45) is 5.45. The maximum Gasteiger partial charge on any atom is 0.409 e. The van der Waals surface area contributed by atoms with Gasteiger partial charge in [-0.25, -0.2) is 4.79 Å². The van der Waals surface area contributed by atoms with Crippen LogP contribution in [-0.2, 0) is 14.9 Å². The third-order valence-corrected chi connectivity index (χ3v) is 6.14. The summed E-state index contributed by atoms with van der Waals surface area (Å²) in [6, 6.07) is 7.71. The molecule has 2 amide bonds. The number of likely N-dealkylation sites (tertiary alicyclic amines) is 1. The molecule has 0 radical (unpaired) electrons. The molecule has 1 N–H and O–H groups in total. The zero-order valence-corrected chi connectivity index (χ0v) is 16.1. The van der Waals surface area contributed by atoms with Crippen LogP contribution in [0.25, 0.3) is 0 Å². The molecule has 1 saturated heterocycles. The number of methoxy groups -OCH3 is 1. The Hall–Kier alpha value is -1.75. The molecule has 1 heterocycles. The first-order chi connectivity index (χ1) is 12.5. The smallest absolute Gasteiger partial charge is 0.409 e. The average molecular weight is 379 g/mol. The fourth-order valence-electron chi connectivity index (χ4n) is 4.25. The van der Waals surface area contributed by atoms with Gasteiger partial charge in [0.05, 0.1) is 12.5 Å². The highest BCUT2D eigenvalue weighted by Gasteiger charge is 2.42. The molecule has 1 aliphatic heterocycles. The molecule has 0 atom stereocenters. The molecule has 1 aliphatic carbocycles. The number of halogens is 1. The third-order valence-electron chi connectivity index (χ3n) is 5.89. The number of rotatable bonds is 4. The van der Waals surface area contributed by atoms with Crippen molar-refractivity contribution in [1.29, 1.82) is 0 Å². The lowest BCUT2D eigenvalue weighted by Crippen LogP contribution is -2.46. The van der Waals surface area contributed by atoms with Gasteiger partial charge in [0.1, 0.15) is 0 Å². The highest BCUT2D eigenvalue weighted by Crippen LogP contribution is 2.41. The van der Waals surface area contributed by atoms with Crippen LogP contribution in [0.2, 0.25) is 5.02 Å². The first-order valence-electron chi connectivity index (χ1n) is 9.42. The first-order valence-corrected chi connectivity index (χ1v) is 9.80. The number of ether oxygens (including phenoxy) is 1. The summed E-state index contributed by atoms with van der Waals surface area (Å²) in [5, 5.41) is 3.89. The molecular formula is C20H27ClN2O3. The van der Waals surface area contributed by atoms with Crippen LogP contribution in [0.1, 0.15) is 44.1 Å². The lowest BCUT2D eigenvalue weighted by Gasteiger charge is -2.33. The van der Waals surface area contributed by atoms with Gasteiger partial charge in [0, 0.05) is 24.7 Å². The monoisotopic (exact) mass is 378 g/mol.